The average molecular weight is 282 g/mol. The fourth-order valence-corrected chi connectivity index (χ4v) is 2.45. The van der Waals surface area contributed by atoms with Crippen molar-refractivity contribution < 1.29 is 5.11 Å². The summed E-state index contributed by atoms with van der Waals surface area (Å²) in [5.41, 5.74) is 2.36. The van der Waals surface area contributed by atoms with Gasteiger partial charge in [-0.15, -0.1) is 0 Å². The van der Waals surface area contributed by atoms with E-state index in [9.17, 15) is 0 Å². The molecule has 0 saturated carbocycles. The highest BCUT2D eigenvalue weighted by atomic mass is 16.3. The summed E-state index contributed by atoms with van der Waals surface area (Å²) in [6.45, 7) is 12.5. The van der Waals surface area contributed by atoms with Crippen molar-refractivity contribution in [3.05, 3.63) is 11.3 Å². The average Bonchev–Trinajstić information content (AvgIpc) is 2.66. The number of nitrogens with zero attached hydrogens (tertiary/aromatic N) is 3. The van der Waals surface area contributed by atoms with Gasteiger partial charge < -0.3 is 15.3 Å². The Morgan fingerprint density at radius 2 is 2.10 bits per heavy atom. The number of aromatic nitrogens is 2. The van der Waals surface area contributed by atoms with Crippen LogP contribution in [0.3, 0.4) is 0 Å². The van der Waals surface area contributed by atoms with Gasteiger partial charge in [0, 0.05) is 38.9 Å². The van der Waals surface area contributed by atoms with Crippen LogP contribution in [0.25, 0.3) is 0 Å². The third-order valence-corrected chi connectivity index (χ3v) is 3.43. The van der Waals surface area contributed by atoms with Crippen LogP contribution in [0, 0.1) is 12.8 Å². The second kappa shape index (κ2) is 8.27. The fraction of sp³-hybridized carbons (Fsp3) is 0.800. The summed E-state index contributed by atoms with van der Waals surface area (Å²) in [6.07, 6.45) is 0.789. The molecule has 0 amide bonds. The Bertz CT molecular complexity index is 401. The Morgan fingerprint density at radius 3 is 2.65 bits per heavy atom. The number of anilines is 1. The van der Waals surface area contributed by atoms with Gasteiger partial charge in [-0.1, -0.05) is 13.8 Å². The van der Waals surface area contributed by atoms with Crippen LogP contribution in [0.15, 0.2) is 0 Å². The summed E-state index contributed by atoms with van der Waals surface area (Å²) in [5.74, 6) is 1.82. The zero-order chi connectivity index (χ0) is 15.1. The van der Waals surface area contributed by atoms with Gasteiger partial charge in [-0.25, -0.2) is 0 Å². The van der Waals surface area contributed by atoms with Crippen LogP contribution in [0.4, 0.5) is 5.82 Å². The fourth-order valence-electron chi connectivity index (χ4n) is 2.45. The summed E-state index contributed by atoms with van der Waals surface area (Å²) >= 11 is 0. The highest BCUT2D eigenvalue weighted by molar-refractivity contribution is 5.50. The van der Waals surface area contributed by atoms with E-state index in [2.05, 4.69) is 43.0 Å². The smallest absolute Gasteiger partial charge is 0.131 e. The van der Waals surface area contributed by atoms with E-state index in [1.807, 2.05) is 11.7 Å². The lowest BCUT2D eigenvalue weighted by molar-refractivity contribution is 0.289. The number of hydrogen-bond donors (Lipinski definition) is 2. The van der Waals surface area contributed by atoms with E-state index in [0.29, 0.717) is 5.92 Å². The molecule has 0 saturated heterocycles. The number of hydrogen-bond acceptors (Lipinski definition) is 4. The first-order valence-electron chi connectivity index (χ1n) is 7.60. The second-order valence-corrected chi connectivity index (χ2v) is 5.69. The molecule has 0 bridgehead atoms. The molecule has 116 valence electrons. The lowest BCUT2D eigenvalue weighted by atomic mass is 10.2. The van der Waals surface area contributed by atoms with Crippen molar-refractivity contribution in [1.29, 1.82) is 0 Å². The summed E-state index contributed by atoms with van der Waals surface area (Å²) in [7, 11) is 2.00. The number of aliphatic hydroxyl groups is 1. The highest BCUT2D eigenvalue weighted by Gasteiger charge is 2.17. The molecule has 1 heterocycles. The summed E-state index contributed by atoms with van der Waals surface area (Å²) in [5, 5.41) is 17.1. The number of aryl methyl sites for hydroxylation is 2. The van der Waals surface area contributed by atoms with E-state index < -0.39 is 0 Å². The molecule has 0 aliphatic carbocycles. The van der Waals surface area contributed by atoms with Crippen LogP contribution in [0.5, 0.6) is 0 Å². The highest BCUT2D eigenvalue weighted by Crippen LogP contribution is 2.23. The minimum atomic E-state index is 0.230. The van der Waals surface area contributed by atoms with Gasteiger partial charge in [0.15, 0.2) is 0 Å². The molecule has 0 unspecified atom stereocenters. The predicted octanol–water partition coefficient (Wildman–Crippen LogP) is 1.68. The SMILES string of the molecule is CCN(CCCO)c1c(CNCC(C)C)c(C)nn1C. The van der Waals surface area contributed by atoms with Crippen molar-refractivity contribution >= 4 is 5.82 Å². The zero-order valence-electron chi connectivity index (χ0n) is 13.6. The topological polar surface area (TPSA) is 53.3 Å². The van der Waals surface area contributed by atoms with Crippen molar-refractivity contribution in [2.24, 2.45) is 13.0 Å². The molecule has 0 radical (unpaired) electrons. The predicted molar refractivity (Wildman–Crippen MR) is 84.1 cm³/mol. The minimum Gasteiger partial charge on any atom is -0.396 e. The summed E-state index contributed by atoms with van der Waals surface area (Å²) in [4.78, 5) is 2.29. The van der Waals surface area contributed by atoms with E-state index in [1.165, 1.54) is 11.4 Å². The first-order valence-corrected chi connectivity index (χ1v) is 7.60. The standard InChI is InChI=1S/C15H30N4O/c1-6-19(8-7-9-20)15-14(11-16-10-12(2)3)13(4)17-18(15)5/h12,16,20H,6-11H2,1-5H3. The molecule has 1 rings (SSSR count). The quantitative estimate of drug-likeness (QED) is 0.723. The van der Waals surface area contributed by atoms with Crippen LogP contribution < -0.4 is 10.2 Å². The molecule has 0 aliphatic heterocycles. The maximum absolute atomic E-state index is 9.04. The van der Waals surface area contributed by atoms with Gasteiger partial charge in [-0.3, -0.25) is 4.68 Å². The summed E-state index contributed by atoms with van der Waals surface area (Å²) in [6, 6.07) is 0. The molecule has 0 spiro atoms. The normalized spacial score (nSPS) is 11.3. The Hall–Kier alpha value is -1.07. The van der Waals surface area contributed by atoms with Gasteiger partial charge >= 0.3 is 0 Å². The maximum Gasteiger partial charge on any atom is 0.131 e. The van der Waals surface area contributed by atoms with Crippen LogP contribution in [0.1, 0.15) is 38.4 Å². The van der Waals surface area contributed by atoms with E-state index in [4.69, 9.17) is 5.11 Å². The number of rotatable bonds is 9. The molecule has 0 aliphatic rings. The number of aliphatic hydroxyl groups excluding tert-OH is 1. The zero-order valence-corrected chi connectivity index (χ0v) is 13.6. The second-order valence-electron chi connectivity index (χ2n) is 5.69. The Labute approximate surface area is 123 Å². The molecule has 0 fully saturated rings. The molecule has 5 heteroatoms. The van der Waals surface area contributed by atoms with E-state index in [-0.39, 0.29) is 6.61 Å². The van der Waals surface area contributed by atoms with Gasteiger partial charge in [0.05, 0.1) is 5.69 Å². The molecule has 0 aromatic carbocycles. The Morgan fingerprint density at radius 1 is 1.40 bits per heavy atom. The molecule has 1 aromatic heterocycles. The van der Waals surface area contributed by atoms with Crippen LogP contribution in [0.2, 0.25) is 0 Å². The van der Waals surface area contributed by atoms with Gasteiger partial charge in [-0.05, 0) is 32.7 Å². The molecule has 2 N–H and O–H groups in total. The van der Waals surface area contributed by atoms with Crippen molar-refractivity contribution in [3.63, 3.8) is 0 Å². The lowest BCUT2D eigenvalue weighted by Crippen LogP contribution is -2.29. The largest absolute Gasteiger partial charge is 0.396 e. The van der Waals surface area contributed by atoms with Crippen LogP contribution >= 0.6 is 0 Å². The first-order chi connectivity index (χ1) is 9.51. The van der Waals surface area contributed by atoms with Gasteiger partial charge in [0.2, 0.25) is 0 Å². The maximum atomic E-state index is 9.04. The minimum absolute atomic E-state index is 0.230. The van der Waals surface area contributed by atoms with Crippen molar-refractivity contribution in [2.45, 2.75) is 40.7 Å². The monoisotopic (exact) mass is 282 g/mol. The van der Waals surface area contributed by atoms with Crippen molar-refractivity contribution in [2.75, 3.05) is 31.1 Å². The summed E-state index contributed by atoms with van der Waals surface area (Å²) < 4.78 is 1.96. The molecular formula is C15H30N4O. The van der Waals surface area contributed by atoms with Gasteiger partial charge in [0.25, 0.3) is 0 Å². The lowest BCUT2D eigenvalue weighted by Gasteiger charge is -2.24. The Balaban J connectivity index is 2.86. The molecular weight excluding hydrogens is 252 g/mol. The first kappa shape index (κ1) is 17.0. The van der Waals surface area contributed by atoms with Gasteiger partial charge in [0.1, 0.15) is 5.82 Å². The van der Waals surface area contributed by atoms with E-state index in [0.717, 1.165) is 38.3 Å². The van der Waals surface area contributed by atoms with Gasteiger partial charge in [-0.2, -0.15) is 5.10 Å². The van der Waals surface area contributed by atoms with Crippen LogP contribution in [-0.4, -0.2) is 41.1 Å². The Kier molecular flexibility index (Phi) is 7.02. The van der Waals surface area contributed by atoms with Crippen molar-refractivity contribution in [1.82, 2.24) is 15.1 Å². The van der Waals surface area contributed by atoms with E-state index >= 15 is 0 Å². The molecule has 5 nitrogen and oxygen atoms in total. The van der Waals surface area contributed by atoms with Crippen LogP contribution in [-0.2, 0) is 13.6 Å². The molecule has 20 heavy (non-hydrogen) atoms. The third-order valence-electron chi connectivity index (χ3n) is 3.43. The third kappa shape index (κ3) is 4.49. The van der Waals surface area contributed by atoms with Crippen molar-refractivity contribution in [3.8, 4) is 0 Å². The number of nitrogens with one attached hydrogen (secondary N) is 1. The molecule has 1 aromatic rings. The van der Waals surface area contributed by atoms with E-state index in [1.54, 1.807) is 0 Å². The molecule has 0 atom stereocenters.